The van der Waals surface area contributed by atoms with Crippen LogP contribution in [0.4, 0.5) is 0 Å². The minimum atomic E-state index is 0.670. The summed E-state index contributed by atoms with van der Waals surface area (Å²) >= 11 is 12.2. The average molecular weight is 285 g/mol. The van der Waals surface area contributed by atoms with Crippen molar-refractivity contribution in [2.45, 2.75) is 37.9 Å². The van der Waals surface area contributed by atoms with Crippen LogP contribution in [0.5, 0.6) is 0 Å². The predicted octanol–water partition coefficient (Wildman–Crippen LogP) is 3.32. The summed E-state index contributed by atoms with van der Waals surface area (Å²) in [4.78, 5) is 2.51. The lowest BCUT2D eigenvalue weighted by Crippen LogP contribution is -2.35. The van der Waals surface area contributed by atoms with Gasteiger partial charge in [0.2, 0.25) is 0 Å². The number of nitrogens with one attached hydrogen (secondary N) is 1. The molecular formula is C14H18Cl2N2. The number of fused-ring (bicyclic) bond motifs is 2. The monoisotopic (exact) mass is 284 g/mol. The maximum absolute atomic E-state index is 6.24. The molecule has 2 fully saturated rings. The summed E-state index contributed by atoms with van der Waals surface area (Å²) in [6, 6.07) is 7.21. The highest BCUT2D eigenvalue weighted by atomic mass is 35.5. The predicted molar refractivity (Wildman–Crippen MR) is 76.3 cm³/mol. The Morgan fingerprint density at radius 2 is 2.00 bits per heavy atom. The Morgan fingerprint density at radius 3 is 2.83 bits per heavy atom. The lowest BCUT2D eigenvalue weighted by atomic mass is 10.1. The molecule has 2 unspecified atom stereocenters. The van der Waals surface area contributed by atoms with Gasteiger partial charge in [0.05, 0.1) is 0 Å². The zero-order valence-corrected chi connectivity index (χ0v) is 11.8. The molecule has 0 radical (unpaired) electrons. The molecule has 2 bridgehead atoms. The molecule has 1 aromatic carbocycles. The van der Waals surface area contributed by atoms with E-state index in [-0.39, 0.29) is 0 Å². The van der Waals surface area contributed by atoms with Crippen molar-refractivity contribution in [2.75, 3.05) is 13.1 Å². The summed E-state index contributed by atoms with van der Waals surface area (Å²) in [5.41, 5.74) is 1.18. The molecule has 3 rings (SSSR count). The first-order valence-electron chi connectivity index (χ1n) is 6.63. The van der Waals surface area contributed by atoms with Gasteiger partial charge in [0.15, 0.2) is 0 Å². The zero-order chi connectivity index (χ0) is 12.5. The Balaban J connectivity index is 1.68. The van der Waals surface area contributed by atoms with E-state index in [0.717, 1.165) is 30.7 Å². The van der Waals surface area contributed by atoms with E-state index in [9.17, 15) is 0 Å². The molecule has 2 saturated heterocycles. The number of hydrogen-bond donors (Lipinski definition) is 1. The summed E-state index contributed by atoms with van der Waals surface area (Å²) in [6.07, 6.45) is 3.91. The van der Waals surface area contributed by atoms with Crippen LogP contribution in [0, 0.1) is 0 Å². The van der Waals surface area contributed by atoms with Crippen LogP contribution < -0.4 is 5.32 Å². The Kier molecular flexibility index (Phi) is 3.81. The molecule has 2 atom stereocenters. The average Bonchev–Trinajstić information content (AvgIpc) is 2.66. The van der Waals surface area contributed by atoms with Crippen molar-refractivity contribution < 1.29 is 0 Å². The molecule has 0 saturated carbocycles. The van der Waals surface area contributed by atoms with Gasteiger partial charge in [0, 0.05) is 41.8 Å². The fourth-order valence-corrected chi connectivity index (χ4v) is 3.52. The maximum atomic E-state index is 6.24. The van der Waals surface area contributed by atoms with E-state index in [1.165, 1.54) is 24.8 Å². The van der Waals surface area contributed by atoms with Crippen molar-refractivity contribution in [3.05, 3.63) is 33.8 Å². The number of halogens is 2. The summed E-state index contributed by atoms with van der Waals surface area (Å²) in [5.74, 6) is 0. The SMILES string of the molecule is Clc1ccc(CN2CCC3CCC(C2)N3)c(Cl)c1. The van der Waals surface area contributed by atoms with Gasteiger partial charge in [-0.05, 0) is 37.0 Å². The molecule has 0 aromatic heterocycles. The minimum Gasteiger partial charge on any atom is -0.310 e. The van der Waals surface area contributed by atoms with Crippen molar-refractivity contribution in [2.24, 2.45) is 0 Å². The van der Waals surface area contributed by atoms with Gasteiger partial charge in [-0.1, -0.05) is 29.3 Å². The number of likely N-dealkylation sites (tertiary alicyclic amines) is 1. The quantitative estimate of drug-likeness (QED) is 0.896. The first-order valence-corrected chi connectivity index (χ1v) is 7.38. The molecule has 4 heteroatoms. The van der Waals surface area contributed by atoms with Gasteiger partial charge < -0.3 is 5.32 Å². The molecule has 0 aliphatic carbocycles. The first kappa shape index (κ1) is 12.7. The summed E-state index contributed by atoms with van der Waals surface area (Å²) in [7, 11) is 0. The lowest BCUT2D eigenvalue weighted by Gasteiger charge is -2.24. The second-order valence-corrected chi connectivity index (χ2v) is 6.24. The summed E-state index contributed by atoms with van der Waals surface area (Å²) in [5, 5.41) is 5.19. The van der Waals surface area contributed by atoms with Crippen LogP contribution in [0.15, 0.2) is 18.2 Å². The molecule has 0 amide bonds. The van der Waals surface area contributed by atoms with Gasteiger partial charge in [0.25, 0.3) is 0 Å². The lowest BCUT2D eigenvalue weighted by molar-refractivity contribution is 0.251. The van der Waals surface area contributed by atoms with E-state index in [1.54, 1.807) is 0 Å². The fourth-order valence-electron chi connectivity index (χ4n) is 3.05. The van der Waals surface area contributed by atoms with Gasteiger partial charge in [-0.2, -0.15) is 0 Å². The van der Waals surface area contributed by atoms with Crippen LogP contribution in [-0.4, -0.2) is 30.1 Å². The standard InChI is InChI=1S/C14H18Cl2N2/c15-11-2-1-10(14(16)7-11)8-18-6-5-12-3-4-13(9-18)17-12/h1-2,7,12-13,17H,3-6,8-9H2. The van der Waals surface area contributed by atoms with Crippen LogP contribution in [0.1, 0.15) is 24.8 Å². The molecule has 2 aliphatic rings. The summed E-state index contributed by atoms with van der Waals surface area (Å²) < 4.78 is 0. The van der Waals surface area contributed by atoms with E-state index >= 15 is 0 Å². The van der Waals surface area contributed by atoms with Crippen molar-refractivity contribution in [1.82, 2.24) is 10.2 Å². The molecule has 2 nitrogen and oxygen atoms in total. The van der Waals surface area contributed by atoms with E-state index in [1.807, 2.05) is 18.2 Å². The Hall–Kier alpha value is -0.280. The third kappa shape index (κ3) is 2.83. The van der Waals surface area contributed by atoms with Gasteiger partial charge in [0.1, 0.15) is 0 Å². The van der Waals surface area contributed by atoms with Crippen molar-refractivity contribution in [3.8, 4) is 0 Å². The van der Waals surface area contributed by atoms with Gasteiger partial charge in [-0.25, -0.2) is 0 Å². The Morgan fingerprint density at radius 1 is 1.17 bits per heavy atom. The molecule has 0 spiro atoms. The molecule has 98 valence electrons. The highest BCUT2D eigenvalue weighted by Gasteiger charge is 2.29. The number of hydrogen-bond acceptors (Lipinski definition) is 2. The van der Waals surface area contributed by atoms with Gasteiger partial charge in [-0.3, -0.25) is 4.90 Å². The second kappa shape index (κ2) is 5.38. The van der Waals surface area contributed by atoms with Crippen molar-refractivity contribution in [3.63, 3.8) is 0 Å². The maximum Gasteiger partial charge on any atom is 0.0465 e. The third-order valence-corrected chi connectivity index (χ3v) is 4.60. The fraction of sp³-hybridized carbons (Fsp3) is 0.571. The van der Waals surface area contributed by atoms with E-state index in [4.69, 9.17) is 23.2 Å². The van der Waals surface area contributed by atoms with Gasteiger partial charge >= 0.3 is 0 Å². The van der Waals surface area contributed by atoms with Crippen LogP contribution >= 0.6 is 23.2 Å². The minimum absolute atomic E-state index is 0.670. The molecule has 2 aliphatic heterocycles. The second-order valence-electron chi connectivity index (χ2n) is 5.40. The molecule has 2 heterocycles. The number of rotatable bonds is 2. The van der Waals surface area contributed by atoms with E-state index in [0.29, 0.717) is 11.1 Å². The molecular weight excluding hydrogens is 267 g/mol. The largest absolute Gasteiger partial charge is 0.310 e. The normalized spacial score (nSPS) is 28.3. The van der Waals surface area contributed by atoms with Crippen LogP contribution in [-0.2, 0) is 6.54 Å². The van der Waals surface area contributed by atoms with E-state index in [2.05, 4.69) is 10.2 Å². The van der Waals surface area contributed by atoms with Crippen LogP contribution in [0.2, 0.25) is 10.0 Å². The number of nitrogens with zero attached hydrogens (tertiary/aromatic N) is 1. The van der Waals surface area contributed by atoms with Crippen LogP contribution in [0.3, 0.4) is 0 Å². The Labute approximate surface area is 118 Å². The van der Waals surface area contributed by atoms with Crippen molar-refractivity contribution >= 4 is 23.2 Å². The Bertz CT molecular complexity index is 436. The zero-order valence-electron chi connectivity index (χ0n) is 10.3. The number of benzene rings is 1. The first-order chi connectivity index (χ1) is 8.70. The third-order valence-electron chi connectivity index (χ3n) is 4.02. The highest BCUT2D eigenvalue weighted by Crippen LogP contribution is 2.25. The molecule has 1 aromatic rings. The summed E-state index contributed by atoms with van der Waals surface area (Å²) in [6.45, 7) is 3.23. The van der Waals surface area contributed by atoms with Gasteiger partial charge in [-0.15, -0.1) is 0 Å². The topological polar surface area (TPSA) is 15.3 Å². The highest BCUT2D eigenvalue weighted by molar-refractivity contribution is 6.35. The molecule has 18 heavy (non-hydrogen) atoms. The smallest absolute Gasteiger partial charge is 0.0465 e. The van der Waals surface area contributed by atoms with E-state index < -0.39 is 0 Å². The van der Waals surface area contributed by atoms with Crippen LogP contribution in [0.25, 0.3) is 0 Å². The molecule has 1 N–H and O–H groups in total. The van der Waals surface area contributed by atoms with Crippen molar-refractivity contribution in [1.29, 1.82) is 0 Å².